The lowest BCUT2D eigenvalue weighted by molar-refractivity contribution is -0.0907. The number of benzene rings is 2. The number of amides is 1. The molecule has 1 amide bonds. The van der Waals surface area contributed by atoms with E-state index in [9.17, 15) is 18.3 Å². The summed E-state index contributed by atoms with van der Waals surface area (Å²) in [5.41, 5.74) is 0.870. The second-order valence-corrected chi connectivity index (χ2v) is 12.8. The van der Waals surface area contributed by atoms with E-state index in [0.29, 0.717) is 18.8 Å². The Kier molecular flexibility index (Phi) is 10.6. The lowest BCUT2D eigenvalue weighted by Gasteiger charge is -2.30. The Labute approximate surface area is 252 Å². The largest absolute Gasteiger partial charge is 0.497 e. The van der Waals surface area contributed by atoms with Crippen LogP contribution in [0.5, 0.6) is 11.5 Å². The molecule has 0 radical (unpaired) electrons. The van der Waals surface area contributed by atoms with Gasteiger partial charge in [-0.25, -0.2) is 13.2 Å². The topological polar surface area (TPSA) is 133 Å². The highest BCUT2D eigenvalue weighted by Gasteiger charge is 2.44. The van der Waals surface area contributed by atoms with E-state index in [-0.39, 0.29) is 55.6 Å². The second-order valence-electron chi connectivity index (χ2n) is 10.9. The van der Waals surface area contributed by atoms with E-state index in [1.165, 1.54) is 17.5 Å². The first kappa shape index (κ1) is 31.3. The highest BCUT2D eigenvalue weighted by molar-refractivity contribution is 7.89. The van der Waals surface area contributed by atoms with Gasteiger partial charge in [-0.3, -0.25) is 0 Å². The summed E-state index contributed by atoms with van der Waals surface area (Å²) in [5, 5.41) is 14.4. The molecule has 11 nitrogen and oxygen atoms in total. The smallest absolute Gasteiger partial charge is 0.407 e. The van der Waals surface area contributed by atoms with Crippen molar-refractivity contribution >= 4 is 16.1 Å². The Hall–Kier alpha value is -3.16. The summed E-state index contributed by atoms with van der Waals surface area (Å²) < 4.78 is 57.3. The van der Waals surface area contributed by atoms with Crippen molar-refractivity contribution in [3.63, 3.8) is 0 Å². The first-order valence-corrected chi connectivity index (χ1v) is 16.2. The fourth-order valence-electron chi connectivity index (χ4n) is 5.62. The Morgan fingerprint density at radius 1 is 1.14 bits per heavy atom. The molecule has 0 bridgehead atoms. The average Bonchev–Trinajstić information content (AvgIpc) is 3.62. The minimum atomic E-state index is -4.10. The second kappa shape index (κ2) is 14.5. The first-order chi connectivity index (χ1) is 20.8. The van der Waals surface area contributed by atoms with Crippen molar-refractivity contribution in [1.82, 2.24) is 9.62 Å². The highest BCUT2D eigenvalue weighted by atomic mass is 32.2. The third-order valence-corrected chi connectivity index (χ3v) is 9.90. The van der Waals surface area contributed by atoms with Crippen LogP contribution in [-0.2, 0) is 30.7 Å². The number of nitrogens with zero attached hydrogens (tertiary/aromatic N) is 1. The van der Waals surface area contributed by atoms with Crippen LogP contribution in [0, 0.1) is 5.92 Å². The number of aliphatic hydroxyl groups excluding tert-OH is 1. The van der Waals surface area contributed by atoms with Crippen LogP contribution in [0.4, 0.5) is 4.79 Å². The summed E-state index contributed by atoms with van der Waals surface area (Å²) in [5.74, 6) is 0.594. The van der Waals surface area contributed by atoms with E-state index >= 15 is 0 Å². The zero-order chi connectivity index (χ0) is 30.2. The number of methoxy groups -OCH3 is 1. The maximum atomic E-state index is 14.1. The molecule has 5 rings (SSSR count). The number of β-amino-alcohol motifs (C(OH)–C–C–N with tert-alkyl or cyclic N) is 1. The number of allylic oxidation sites excluding steroid dienone is 1. The number of carbonyl (C=O) groups excluding carboxylic acids is 1. The average molecular weight is 617 g/mol. The number of rotatable bonds is 8. The van der Waals surface area contributed by atoms with Gasteiger partial charge < -0.3 is 34.1 Å². The molecule has 2 N–H and O–H groups in total. The van der Waals surface area contributed by atoms with Crippen LogP contribution < -0.4 is 14.8 Å². The molecule has 3 aliphatic rings. The number of hydrogen-bond donors (Lipinski definition) is 2. The van der Waals surface area contributed by atoms with Gasteiger partial charge in [-0.2, -0.15) is 4.31 Å². The number of nitrogens with one attached hydrogen (secondary N) is 1. The van der Waals surface area contributed by atoms with Gasteiger partial charge in [0.15, 0.2) is 6.29 Å². The van der Waals surface area contributed by atoms with Gasteiger partial charge in [0.1, 0.15) is 29.1 Å². The lowest BCUT2D eigenvalue weighted by atomic mass is 10.0. The summed E-state index contributed by atoms with van der Waals surface area (Å²) in [6.07, 6.45) is 4.23. The van der Waals surface area contributed by atoms with Crippen LogP contribution in [0.2, 0.25) is 0 Å². The number of ether oxygens (including phenoxy) is 5. The van der Waals surface area contributed by atoms with Gasteiger partial charge in [-0.15, -0.1) is 0 Å². The Bertz CT molecular complexity index is 1350. The quantitative estimate of drug-likeness (QED) is 0.429. The zero-order valence-electron chi connectivity index (χ0n) is 24.3. The molecule has 12 heteroatoms. The van der Waals surface area contributed by atoms with Gasteiger partial charge >= 0.3 is 6.09 Å². The normalized spacial score (nSPS) is 26.0. The van der Waals surface area contributed by atoms with Crippen LogP contribution in [0.15, 0.2) is 65.6 Å². The number of carbonyl (C=O) groups is 1. The van der Waals surface area contributed by atoms with Crippen molar-refractivity contribution < 1.29 is 42.0 Å². The molecule has 43 heavy (non-hydrogen) atoms. The van der Waals surface area contributed by atoms with Crippen molar-refractivity contribution in [2.45, 2.75) is 61.5 Å². The summed E-state index contributed by atoms with van der Waals surface area (Å²) in [7, 11) is -2.60. The minimum Gasteiger partial charge on any atom is -0.497 e. The van der Waals surface area contributed by atoms with Crippen molar-refractivity contribution in [3.8, 4) is 11.5 Å². The molecule has 2 aromatic carbocycles. The third-order valence-electron chi connectivity index (χ3n) is 8.00. The molecule has 2 aromatic rings. The molecular weight excluding hydrogens is 576 g/mol. The van der Waals surface area contributed by atoms with Crippen molar-refractivity contribution in [3.05, 3.63) is 66.2 Å². The summed E-state index contributed by atoms with van der Waals surface area (Å²) in [6.45, 7) is 0.940. The van der Waals surface area contributed by atoms with Gasteiger partial charge in [0.2, 0.25) is 10.0 Å². The molecular formula is C31H40N2O9S. The van der Waals surface area contributed by atoms with E-state index in [1.807, 2.05) is 42.5 Å². The SMILES string of the molecule is COc1ccc2c(c1)OC/C=C/CCCCN(C[C@@H](O)[C@H](Cc1ccccc1)NC(=O)OC1COC3OCCC13)S2(=O)=O. The molecule has 0 aliphatic carbocycles. The van der Waals surface area contributed by atoms with E-state index in [0.717, 1.165) is 24.8 Å². The third kappa shape index (κ3) is 7.87. The van der Waals surface area contributed by atoms with Gasteiger partial charge in [-0.05, 0) is 49.8 Å². The monoisotopic (exact) mass is 616 g/mol. The van der Waals surface area contributed by atoms with Crippen LogP contribution in [-0.4, -0.2) is 88.5 Å². The number of fused-ring (bicyclic) bond motifs is 2. The fourth-order valence-corrected chi connectivity index (χ4v) is 7.23. The van der Waals surface area contributed by atoms with Crippen molar-refractivity contribution in [1.29, 1.82) is 0 Å². The van der Waals surface area contributed by atoms with E-state index in [1.54, 1.807) is 12.1 Å². The molecule has 2 fully saturated rings. The van der Waals surface area contributed by atoms with E-state index in [2.05, 4.69) is 5.32 Å². The number of alkyl carbamates (subject to hydrolysis) is 1. The number of sulfonamides is 1. The Balaban J connectivity index is 1.36. The van der Waals surface area contributed by atoms with Crippen LogP contribution in [0.1, 0.15) is 31.2 Å². The Morgan fingerprint density at radius 2 is 1.98 bits per heavy atom. The minimum absolute atomic E-state index is 0.0176. The predicted molar refractivity (Wildman–Crippen MR) is 157 cm³/mol. The molecule has 3 heterocycles. The van der Waals surface area contributed by atoms with Gasteiger partial charge in [0.25, 0.3) is 0 Å². The molecule has 5 atom stereocenters. The number of hydrogen-bond acceptors (Lipinski definition) is 9. The maximum Gasteiger partial charge on any atom is 0.407 e. The molecule has 3 aliphatic heterocycles. The summed E-state index contributed by atoms with van der Waals surface area (Å²) in [6, 6.07) is 13.1. The molecule has 0 aromatic heterocycles. The predicted octanol–water partition coefficient (Wildman–Crippen LogP) is 3.26. The lowest BCUT2D eigenvalue weighted by Crippen LogP contribution is -2.51. The van der Waals surface area contributed by atoms with Crippen LogP contribution in [0.3, 0.4) is 0 Å². The Morgan fingerprint density at radius 3 is 2.79 bits per heavy atom. The standard InChI is InChI=1S/C31H40N2O9S/c1-38-23-12-13-29-27(19-23)39-16-9-4-2-3-8-15-33(43(29,36)37)20-26(34)25(18-22-10-6-5-7-11-22)32-31(35)42-28-21-41-30-24(28)14-17-40-30/h4-7,9-13,19,24-26,28,30,34H,2-3,8,14-18,20-21H2,1H3,(H,32,35)/b9-4+/t24?,25-,26+,28?,30?/m0/s1. The number of aliphatic hydroxyl groups is 1. The van der Waals surface area contributed by atoms with Gasteiger partial charge in [0.05, 0.1) is 38.4 Å². The van der Waals surface area contributed by atoms with Crippen molar-refractivity contribution in [2.75, 3.05) is 40.0 Å². The van der Waals surface area contributed by atoms with Crippen LogP contribution >= 0.6 is 0 Å². The molecule has 3 unspecified atom stereocenters. The highest BCUT2D eigenvalue weighted by Crippen LogP contribution is 2.34. The molecule has 2 saturated heterocycles. The van der Waals surface area contributed by atoms with Gasteiger partial charge in [-0.1, -0.05) is 42.5 Å². The molecule has 0 saturated carbocycles. The zero-order valence-corrected chi connectivity index (χ0v) is 25.1. The van der Waals surface area contributed by atoms with Crippen LogP contribution in [0.25, 0.3) is 0 Å². The summed E-state index contributed by atoms with van der Waals surface area (Å²) >= 11 is 0. The summed E-state index contributed by atoms with van der Waals surface area (Å²) in [4.78, 5) is 13.1. The van der Waals surface area contributed by atoms with E-state index in [4.69, 9.17) is 23.7 Å². The molecule has 234 valence electrons. The van der Waals surface area contributed by atoms with Crippen molar-refractivity contribution in [2.24, 2.45) is 5.92 Å². The first-order valence-electron chi connectivity index (χ1n) is 14.7. The van der Waals surface area contributed by atoms with E-state index < -0.39 is 34.4 Å². The fraction of sp³-hybridized carbons (Fsp3) is 0.516. The maximum absolute atomic E-state index is 14.1. The molecule has 0 spiro atoms. The van der Waals surface area contributed by atoms with Gasteiger partial charge in [0, 0.05) is 19.2 Å².